The number of hydrogen-bond donors (Lipinski definition) is 1. The van der Waals surface area contributed by atoms with Crippen molar-refractivity contribution in [2.24, 2.45) is 0 Å². The summed E-state index contributed by atoms with van der Waals surface area (Å²) in [7, 11) is 3.27. The lowest BCUT2D eigenvalue weighted by Gasteiger charge is -2.33. The molecule has 0 aromatic heterocycles. The van der Waals surface area contributed by atoms with Crippen LogP contribution in [0.3, 0.4) is 0 Å². The molecule has 1 atom stereocenters. The highest BCUT2D eigenvalue weighted by Crippen LogP contribution is 2.26. The summed E-state index contributed by atoms with van der Waals surface area (Å²) in [6.07, 6.45) is 1.95. The lowest BCUT2D eigenvalue weighted by atomic mass is 10.0. The number of ether oxygens (including phenoxy) is 2. The number of rotatable bonds is 6. The number of nitrogens with zero attached hydrogens (tertiary/aromatic N) is 1. The highest BCUT2D eigenvalue weighted by Gasteiger charge is 2.28. The minimum atomic E-state index is -0.0482. The maximum atomic E-state index is 12.4. The zero-order valence-electron chi connectivity index (χ0n) is 13.0. The van der Waals surface area contributed by atoms with Gasteiger partial charge in [-0.3, -0.25) is 4.79 Å². The van der Waals surface area contributed by atoms with Gasteiger partial charge in [-0.25, -0.2) is 0 Å². The van der Waals surface area contributed by atoms with Crippen molar-refractivity contribution in [2.45, 2.75) is 32.4 Å². The van der Waals surface area contributed by atoms with Gasteiger partial charge < -0.3 is 19.7 Å². The van der Waals surface area contributed by atoms with Crippen LogP contribution >= 0.6 is 0 Å². The summed E-state index contributed by atoms with van der Waals surface area (Å²) in [6, 6.07) is 5.66. The number of nitrogens with one attached hydrogen (secondary N) is 1. The van der Waals surface area contributed by atoms with Gasteiger partial charge in [0.15, 0.2) is 0 Å². The molecule has 1 fully saturated rings. The van der Waals surface area contributed by atoms with Gasteiger partial charge in [0.1, 0.15) is 11.5 Å². The van der Waals surface area contributed by atoms with Crippen LogP contribution in [0.15, 0.2) is 18.2 Å². The molecule has 1 aromatic rings. The Kier molecular flexibility index (Phi) is 5.44. The number of likely N-dealkylation sites (tertiary alicyclic amines) is 1. The van der Waals surface area contributed by atoms with E-state index < -0.39 is 0 Å². The fourth-order valence-corrected chi connectivity index (χ4v) is 2.72. The van der Waals surface area contributed by atoms with Gasteiger partial charge in [0.25, 0.3) is 0 Å². The van der Waals surface area contributed by atoms with Gasteiger partial charge in [-0.2, -0.15) is 0 Å². The number of carbonyl (C=O) groups is 1. The number of methoxy groups -OCH3 is 2. The summed E-state index contributed by atoms with van der Waals surface area (Å²) < 4.78 is 10.6. The first kappa shape index (κ1) is 15.6. The molecule has 1 aromatic carbocycles. The number of carbonyl (C=O) groups excluding carboxylic acids is 1. The smallest absolute Gasteiger partial charge is 0.240 e. The second-order valence-electron chi connectivity index (χ2n) is 5.19. The molecule has 0 radical (unpaired) electrons. The van der Waals surface area contributed by atoms with Gasteiger partial charge in [0, 0.05) is 24.7 Å². The summed E-state index contributed by atoms with van der Waals surface area (Å²) in [5, 5.41) is 3.25. The molecule has 1 unspecified atom stereocenters. The van der Waals surface area contributed by atoms with Crippen LogP contribution in [0.2, 0.25) is 0 Å². The van der Waals surface area contributed by atoms with E-state index in [0.29, 0.717) is 6.54 Å². The Morgan fingerprint density at radius 1 is 1.33 bits per heavy atom. The van der Waals surface area contributed by atoms with E-state index in [2.05, 4.69) is 5.32 Å². The van der Waals surface area contributed by atoms with E-state index in [4.69, 9.17) is 9.47 Å². The third-order valence-electron chi connectivity index (χ3n) is 3.84. The average molecular weight is 292 g/mol. The Labute approximate surface area is 126 Å². The SMILES string of the molecule is CCNC1CCCN(Cc2ccc(OC)cc2OC)C1=O. The van der Waals surface area contributed by atoms with Crippen molar-refractivity contribution in [3.05, 3.63) is 23.8 Å². The average Bonchev–Trinajstić information content (AvgIpc) is 2.51. The van der Waals surface area contributed by atoms with E-state index in [1.165, 1.54) is 0 Å². The van der Waals surface area contributed by atoms with Gasteiger partial charge in [-0.15, -0.1) is 0 Å². The van der Waals surface area contributed by atoms with E-state index in [1.54, 1.807) is 14.2 Å². The largest absolute Gasteiger partial charge is 0.497 e. The van der Waals surface area contributed by atoms with E-state index in [1.807, 2.05) is 30.0 Å². The number of benzene rings is 1. The zero-order valence-corrected chi connectivity index (χ0v) is 13.0. The third-order valence-corrected chi connectivity index (χ3v) is 3.84. The number of piperidine rings is 1. The molecule has 2 rings (SSSR count). The molecular weight excluding hydrogens is 268 g/mol. The Morgan fingerprint density at radius 2 is 2.14 bits per heavy atom. The molecule has 1 amide bonds. The molecule has 0 saturated carbocycles. The molecule has 116 valence electrons. The Balaban J connectivity index is 2.11. The van der Waals surface area contributed by atoms with Crippen molar-refractivity contribution < 1.29 is 14.3 Å². The van der Waals surface area contributed by atoms with Gasteiger partial charge in [0.05, 0.1) is 20.3 Å². The molecule has 1 saturated heterocycles. The maximum Gasteiger partial charge on any atom is 0.240 e. The fourth-order valence-electron chi connectivity index (χ4n) is 2.72. The molecule has 1 heterocycles. The minimum Gasteiger partial charge on any atom is -0.497 e. The summed E-state index contributed by atoms with van der Waals surface area (Å²) in [6.45, 7) is 4.22. The van der Waals surface area contributed by atoms with Crippen LogP contribution in [0.1, 0.15) is 25.3 Å². The molecule has 0 bridgehead atoms. The lowest BCUT2D eigenvalue weighted by Crippen LogP contribution is -2.50. The van der Waals surface area contributed by atoms with Crippen molar-refractivity contribution in [1.29, 1.82) is 0 Å². The van der Waals surface area contributed by atoms with E-state index in [9.17, 15) is 4.79 Å². The predicted octanol–water partition coefficient (Wildman–Crippen LogP) is 1.80. The summed E-state index contributed by atoms with van der Waals surface area (Å²) in [4.78, 5) is 14.3. The molecule has 1 aliphatic heterocycles. The lowest BCUT2D eigenvalue weighted by molar-refractivity contribution is -0.136. The Bertz CT molecular complexity index is 488. The molecule has 1 N–H and O–H groups in total. The van der Waals surface area contributed by atoms with Crippen LogP contribution < -0.4 is 14.8 Å². The molecular formula is C16H24N2O3. The van der Waals surface area contributed by atoms with Gasteiger partial charge >= 0.3 is 0 Å². The highest BCUT2D eigenvalue weighted by atomic mass is 16.5. The van der Waals surface area contributed by atoms with Gasteiger partial charge in [-0.1, -0.05) is 6.92 Å². The number of likely N-dealkylation sites (N-methyl/N-ethyl adjacent to an activating group) is 1. The van der Waals surface area contributed by atoms with Crippen LogP contribution in [0.4, 0.5) is 0 Å². The monoisotopic (exact) mass is 292 g/mol. The van der Waals surface area contributed by atoms with Crippen molar-refractivity contribution in [2.75, 3.05) is 27.3 Å². The van der Waals surface area contributed by atoms with Gasteiger partial charge in [-0.05, 0) is 31.5 Å². The molecule has 0 aliphatic carbocycles. The van der Waals surface area contributed by atoms with Crippen LogP contribution in [0.5, 0.6) is 11.5 Å². The molecule has 5 nitrogen and oxygen atoms in total. The Hall–Kier alpha value is -1.75. The summed E-state index contributed by atoms with van der Waals surface area (Å²) in [5.74, 6) is 1.69. The maximum absolute atomic E-state index is 12.4. The first-order valence-electron chi connectivity index (χ1n) is 7.42. The number of amides is 1. The van der Waals surface area contributed by atoms with E-state index in [0.717, 1.165) is 43.0 Å². The van der Waals surface area contributed by atoms with Crippen LogP contribution in [-0.2, 0) is 11.3 Å². The van der Waals surface area contributed by atoms with E-state index >= 15 is 0 Å². The van der Waals surface area contributed by atoms with Crippen LogP contribution in [0, 0.1) is 0 Å². The second-order valence-corrected chi connectivity index (χ2v) is 5.19. The fraction of sp³-hybridized carbons (Fsp3) is 0.562. The first-order valence-corrected chi connectivity index (χ1v) is 7.42. The zero-order chi connectivity index (χ0) is 15.2. The molecule has 21 heavy (non-hydrogen) atoms. The predicted molar refractivity (Wildman–Crippen MR) is 81.7 cm³/mol. The van der Waals surface area contributed by atoms with Crippen LogP contribution in [-0.4, -0.2) is 44.2 Å². The number of hydrogen-bond acceptors (Lipinski definition) is 4. The van der Waals surface area contributed by atoms with Crippen molar-refractivity contribution in [3.63, 3.8) is 0 Å². The molecule has 5 heteroatoms. The van der Waals surface area contributed by atoms with E-state index in [-0.39, 0.29) is 11.9 Å². The minimum absolute atomic E-state index is 0.0482. The summed E-state index contributed by atoms with van der Waals surface area (Å²) in [5.41, 5.74) is 1.00. The third kappa shape index (κ3) is 3.67. The standard InChI is InChI=1S/C16H24N2O3/c1-4-17-14-6-5-9-18(16(14)19)11-12-7-8-13(20-2)10-15(12)21-3/h7-8,10,14,17H,4-6,9,11H2,1-3H3. The molecule has 1 aliphatic rings. The normalized spacial score (nSPS) is 18.7. The Morgan fingerprint density at radius 3 is 2.81 bits per heavy atom. The topological polar surface area (TPSA) is 50.8 Å². The van der Waals surface area contributed by atoms with Crippen molar-refractivity contribution in [3.8, 4) is 11.5 Å². The molecule has 0 spiro atoms. The summed E-state index contributed by atoms with van der Waals surface area (Å²) >= 11 is 0. The highest BCUT2D eigenvalue weighted by molar-refractivity contribution is 5.82. The van der Waals surface area contributed by atoms with Crippen molar-refractivity contribution in [1.82, 2.24) is 10.2 Å². The van der Waals surface area contributed by atoms with Crippen LogP contribution in [0.25, 0.3) is 0 Å². The van der Waals surface area contributed by atoms with Crippen molar-refractivity contribution >= 4 is 5.91 Å². The quantitative estimate of drug-likeness (QED) is 0.869. The second kappa shape index (κ2) is 7.31. The van der Waals surface area contributed by atoms with Gasteiger partial charge in [0.2, 0.25) is 5.91 Å². The first-order chi connectivity index (χ1) is 10.2.